The predicted octanol–water partition coefficient (Wildman–Crippen LogP) is 2.04. The van der Waals surface area contributed by atoms with E-state index < -0.39 is 9.84 Å². The second kappa shape index (κ2) is 6.27. The molecule has 0 unspecified atom stereocenters. The molecule has 0 aliphatic heterocycles. The van der Waals surface area contributed by atoms with Crippen LogP contribution in [0.5, 0.6) is 0 Å². The molecule has 4 nitrogen and oxygen atoms in total. The van der Waals surface area contributed by atoms with Gasteiger partial charge in [0.1, 0.15) is 0 Å². The second-order valence-corrected chi connectivity index (χ2v) is 7.06. The first kappa shape index (κ1) is 14.2. The van der Waals surface area contributed by atoms with E-state index in [1.807, 2.05) is 0 Å². The smallest absolute Gasteiger partial charge is 0.184 e. The Morgan fingerprint density at radius 3 is 2.63 bits per heavy atom. The number of aromatic nitrogens is 1. The van der Waals surface area contributed by atoms with Crippen molar-refractivity contribution in [3.05, 3.63) is 46.4 Å². The van der Waals surface area contributed by atoms with Crippen molar-refractivity contribution in [2.75, 3.05) is 6.61 Å². The maximum atomic E-state index is 12.1. The largest absolute Gasteiger partial charge is 0.396 e. The van der Waals surface area contributed by atoms with Gasteiger partial charge in [0.15, 0.2) is 9.84 Å². The van der Waals surface area contributed by atoms with E-state index in [2.05, 4.69) is 4.98 Å². The van der Waals surface area contributed by atoms with Gasteiger partial charge in [0.05, 0.1) is 21.3 Å². The molecule has 0 spiro atoms. The quantitative estimate of drug-likeness (QED) is 0.886. The van der Waals surface area contributed by atoms with Crippen molar-refractivity contribution in [3.63, 3.8) is 0 Å². The maximum Gasteiger partial charge on any atom is 0.184 e. The molecule has 19 heavy (non-hydrogen) atoms. The summed E-state index contributed by atoms with van der Waals surface area (Å²) >= 11 is 1.44. The fourth-order valence-corrected chi connectivity index (χ4v) is 3.89. The SMILES string of the molecule is O=S(=O)(Cc1csc(CCCO)n1)c1ccccc1. The molecule has 6 heteroatoms. The third-order valence-electron chi connectivity index (χ3n) is 2.59. The Morgan fingerprint density at radius 1 is 1.21 bits per heavy atom. The number of sulfone groups is 1. The Balaban J connectivity index is 2.10. The van der Waals surface area contributed by atoms with Gasteiger partial charge in [-0.1, -0.05) is 18.2 Å². The molecule has 2 aromatic rings. The standard InChI is InChI=1S/C13H15NO3S2/c15-8-4-7-13-14-11(9-18-13)10-19(16,17)12-5-2-1-3-6-12/h1-3,5-6,9,15H,4,7-8,10H2. The highest BCUT2D eigenvalue weighted by Gasteiger charge is 2.16. The first-order valence-corrected chi connectivity index (χ1v) is 8.47. The van der Waals surface area contributed by atoms with E-state index in [0.717, 1.165) is 5.01 Å². The Kier molecular flexibility index (Phi) is 4.68. The summed E-state index contributed by atoms with van der Waals surface area (Å²) in [5, 5.41) is 11.4. The van der Waals surface area contributed by atoms with Crippen LogP contribution >= 0.6 is 11.3 Å². The number of aliphatic hydroxyl groups is 1. The third-order valence-corrected chi connectivity index (χ3v) is 5.21. The van der Waals surface area contributed by atoms with Crippen LogP contribution in [0.1, 0.15) is 17.1 Å². The number of nitrogens with zero attached hydrogens (tertiary/aromatic N) is 1. The molecule has 1 heterocycles. The van der Waals surface area contributed by atoms with Crippen molar-refractivity contribution in [1.29, 1.82) is 0 Å². The zero-order chi connectivity index (χ0) is 13.7. The number of hydrogen-bond acceptors (Lipinski definition) is 5. The maximum absolute atomic E-state index is 12.1. The monoisotopic (exact) mass is 297 g/mol. The fourth-order valence-electron chi connectivity index (χ4n) is 1.67. The lowest BCUT2D eigenvalue weighted by Crippen LogP contribution is -2.05. The van der Waals surface area contributed by atoms with Gasteiger partial charge in [0.25, 0.3) is 0 Å². The van der Waals surface area contributed by atoms with Crippen LogP contribution in [0.4, 0.5) is 0 Å². The topological polar surface area (TPSA) is 67.3 Å². The Labute approximate surface area is 116 Å². The molecule has 0 saturated carbocycles. The van der Waals surface area contributed by atoms with Gasteiger partial charge in [-0.15, -0.1) is 11.3 Å². The summed E-state index contributed by atoms with van der Waals surface area (Å²) in [6.45, 7) is 0.122. The Hall–Kier alpha value is -1.24. The number of rotatable bonds is 6. The van der Waals surface area contributed by atoms with Gasteiger partial charge in [-0.2, -0.15) is 0 Å². The normalized spacial score (nSPS) is 11.6. The Bertz CT molecular complexity index is 620. The zero-order valence-corrected chi connectivity index (χ0v) is 12.0. The molecule has 1 N–H and O–H groups in total. The molecule has 0 aliphatic rings. The minimum absolute atomic E-state index is 0.0767. The van der Waals surface area contributed by atoms with Crippen LogP contribution < -0.4 is 0 Å². The van der Waals surface area contributed by atoms with Gasteiger partial charge in [-0.05, 0) is 18.6 Å². The van der Waals surface area contributed by atoms with E-state index >= 15 is 0 Å². The average molecular weight is 297 g/mol. The van der Waals surface area contributed by atoms with E-state index in [1.165, 1.54) is 11.3 Å². The first-order valence-electron chi connectivity index (χ1n) is 5.94. The molecule has 0 saturated heterocycles. The molecule has 0 amide bonds. The molecular weight excluding hydrogens is 282 g/mol. The lowest BCUT2D eigenvalue weighted by Gasteiger charge is -2.01. The highest BCUT2D eigenvalue weighted by Crippen LogP contribution is 2.18. The van der Waals surface area contributed by atoms with Crippen molar-refractivity contribution >= 4 is 21.2 Å². The van der Waals surface area contributed by atoms with E-state index in [-0.39, 0.29) is 12.4 Å². The molecule has 102 valence electrons. The predicted molar refractivity (Wildman–Crippen MR) is 74.9 cm³/mol. The van der Waals surface area contributed by atoms with Gasteiger partial charge >= 0.3 is 0 Å². The fraction of sp³-hybridized carbons (Fsp3) is 0.308. The molecule has 0 fully saturated rings. The van der Waals surface area contributed by atoms with Crippen LogP contribution in [-0.2, 0) is 22.0 Å². The number of aliphatic hydroxyl groups excluding tert-OH is 1. The molecule has 1 aromatic carbocycles. The van der Waals surface area contributed by atoms with Crippen LogP contribution in [0.15, 0.2) is 40.6 Å². The zero-order valence-electron chi connectivity index (χ0n) is 10.3. The van der Waals surface area contributed by atoms with Crippen LogP contribution in [0.3, 0.4) is 0 Å². The van der Waals surface area contributed by atoms with Crippen LogP contribution in [0.25, 0.3) is 0 Å². The summed E-state index contributed by atoms with van der Waals surface area (Å²) in [5.41, 5.74) is 0.571. The molecule has 1 aromatic heterocycles. The summed E-state index contributed by atoms with van der Waals surface area (Å²) in [6, 6.07) is 8.39. The highest BCUT2D eigenvalue weighted by atomic mass is 32.2. The summed E-state index contributed by atoms with van der Waals surface area (Å²) in [5.74, 6) is -0.0767. The average Bonchev–Trinajstić information content (AvgIpc) is 2.84. The second-order valence-electron chi connectivity index (χ2n) is 4.13. The van der Waals surface area contributed by atoms with Gasteiger partial charge in [0.2, 0.25) is 0 Å². The first-order chi connectivity index (χ1) is 9.12. The molecule has 2 rings (SSSR count). The molecule has 0 bridgehead atoms. The minimum Gasteiger partial charge on any atom is -0.396 e. The lowest BCUT2D eigenvalue weighted by atomic mass is 10.3. The third kappa shape index (κ3) is 3.86. The van der Waals surface area contributed by atoms with Crippen molar-refractivity contribution in [2.24, 2.45) is 0 Å². The van der Waals surface area contributed by atoms with Gasteiger partial charge in [-0.3, -0.25) is 0 Å². The van der Waals surface area contributed by atoms with E-state index in [4.69, 9.17) is 5.11 Å². The number of thiazole rings is 1. The number of aryl methyl sites for hydroxylation is 1. The minimum atomic E-state index is -3.33. The number of hydrogen-bond donors (Lipinski definition) is 1. The van der Waals surface area contributed by atoms with Crippen molar-refractivity contribution in [1.82, 2.24) is 4.98 Å². The summed E-state index contributed by atoms with van der Waals surface area (Å²) in [6.07, 6.45) is 1.34. The lowest BCUT2D eigenvalue weighted by molar-refractivity contribution is 0.288. The van der Waals surface area contributed by atoms with Gasteiger partial charge in [-0.25, -0.2) is 13.4 Å². The Morgan fingerprint density at radius 2 is 1.95 bits per heavy atom. The number of benzene rings is 1. The molecule has 0 aliphatic carbocycles. The molecule has 0 radical (unpaired) electrons. The van der Waals surface area contributed by atoms with Gasteiger partial charge in [0, 0.05) is 18.4 Å². The molecular formula is C13H15NO3S2. The van der Waals surface area contributed by atoms with Crippen molar-refractivity contribution < 1.29 is 13.5 Å². The van der Waals surface area contributed by atoms with E-state index in [9.17, 15) is 8.42 Å². The van der Waals surface area contributed by atoms with E-state index in [0.29, 0.717) is 23.4 Å². The van der Waals surface area contributed by atoms with Gasteiger partial charge < -0.3 is 5.11 Å². The summed E-state index contributed by atoms with van der Waals surface area (Å²) in [7, 11) is -3.33. The highest BCUT2D eigenvalue weighted by molar-refractivity contribution is 7.90. The van der Waals surface area contributed by atoms with Crippen LogP contribution in [0.2, 0.25) is 0 Å². The van der Waals surface area contributed by atoms with Crippen molar-refractivity contribution in [2.45, 2.75) is 23.5 Å². The van der Waals surface area contributed by atoms with Crippen LogP contribution in [0, 0.1) is 0 Å². The van der Waals surface area contributed by atoms with Crippen molar-refractivity contribution in [3.8, 4) is 0 Å². The summed E-state index contributed by atoms with van der Waals surface area (Å²) in [4.78, 5) is 4.61. The van der Waals surface area contributed by atoms with Crippen LogP contribution in [-0.4, -0.2) is 25.1 Å². The van der Waals surface area contributed by atoms with E-state index in [1.54, 1.807) is 35.7 Å². The summed E-state index contributed by atoms with van der Waals surface area (Å²) < 4.78 is 24.3. The molecule has 0 atom stereocenters.